The fourth-order valence-electron chi connectivity index (χ4n) is 2.07. The van der Waals surface area contributed by atoms with Crippen LogP contribution in [0.1, 0.15) is 17.3 Å². The zero-order valence-electron chi connectivity index (χ0n) is 9.34. The van der Waals surface area contributed by atoms with Crippen molar-refractivity contribution in [1.29, 1.82) is 0 Å². The van der Waals surface area contributed by atoms with Crippen LogP contribution >= 0.6 is 0 Å². The number of ketones is 1. The molecule has 3 nitrogen and oxygen atoms in total. The van der Waals surface area contributed by atoms with E-state index in [-0.39, 0.29) is 5.78 Å². The van der Waals surface area contributed by atoms with Crippen LogP contribution in [-0.4, -0.2) is 15.8 Å². The van der Waals surface area contributed by atoms with Crippen LogP contribution in [0.4, 0.5) is 0 Å². The average Bonchev–Trinajstić information content (AvgIpc) is 2.37. The first-order valence-electron chi connectivity index (χ1n) is 5.41. The molecule has 17 heavy (non-hydrogen) atoms. The van der Waals surface area contributed by atoms with Gasteiger partial charge in [-0.15, -0.1) is 0 Å². The van der Waals surface area contributed by atoms with Gasteiger partial charge in [0.1, 0.15) is 0 Å². The van der Waals surface area contributed by atoms with Gasteiger partial charge in [0, 0.05) is 28.7 Å². The third-order valence-corrected chi connectivity index (χ3v) is 2.84. The largest absolute Gasteiger partial charge is 0.294 e. The molecule has 0 bridgehead atoms. The van der Waals surface area contributed by atoms with Crippen molar-refractivity contribution < 1.29 is 4.79 Å². The van der Waals surface area contributed by atoms with E-state index >= 15 is 0 Å². The molecule has 0 fully saturated rings. The maximum Gasteiger partial charge on any atom is 0.160 e. The molecule has 0 saturated heterocycles. The monoisotopic (exact) mass is 222 g/mol. The summed E-state index contributed by atoms with van der Waals surface area (Å²) in [4.78, 5) is 20.3. The molecule has 3 heteroatoms. The summed E-state index contributed by atoms with van der Waals surface area (Å²) >= 11 is 0. The average molecular weight is 222 g/mol. The van der Waals surface area contributed by atoms with E-state index < -0.39 is 0 Å². The number of benzene rings is 1. The third-order valence-electron chi connectivity index (χ3n) is 2.84. The van der Waals surface area contributed by atoms with Crippen LogP contribution in [-0.2, 0) is 0 Å². The van der Waals surface area contributed by atoms with Crippen LogP contribution < -0.4 is 0 Å². The minimum Gasteiger partial charge on any atom is -0.294 e. The fraction of sp³-hybridized carbons (Fsp3) is 0.0714. The molecule has 0 aliphatic rings. The van der Waals surface area contributed by atoms with Gasteiger partial charge in [-0.3, -0.25) is 14.8 Å². The molecule has 3 aromatic rings. The summed E-state index contributed by atoms with van der Waals surface area (Å²) in [5.74, 6) is 0.0498. The molecule has 0 amide bonds. The predicted molar refractivity (Wildman–Crippen MR) is 67.0 cm³/mol. The van der Waals surface area contributed by atoms with Crippen molar-refractivity contribution in [1.82, 2.24) is 9.97 Å². The van der Waals surface area contributed by atoms with Gasteiger partial charge < -0.3 is 0 Å². The van der Waals surface area contributed by atoms with Crippen molar-refractivity contribution in [3.8, 4) is 0 Å². The number of hydrogen-bond acceptors (Lipinski definition) is 3. The zero-order chi connectivity index (χ0) is 11.8. The normalized spacial score (nSPS) is 10.9. The number of hydrogen-bond donors (Lipinski definition) is 0. The van der Waals surface area contributed by atoms with Crippen LogP contribution in [0.3, 0.4) is 0 Å². The molecule has 3 rings (SSSR count). The number of carbonyl (C=O) groups is 1. The molecule has 1 aromatic carbocycles. The summed E-state index contributed by atoms with van der Waals surface area (Å²) in [7, 11) is 0. The molecule has 0 aliphatic carbocycles. The van der Waals surface area contributed by atoms with Crippen molar-refractivity contribution in [2.45, 2.75) is 6.92 Å². The Hall–Kier alpha value is -2.29. The lowest BCUT2D eigenvalue weighted by molar-refractivity contribution is 0.101. The minimum atomic E-state index is 0.0498. The van der Waals surface area contributed by atoms with Crippen LogP contribution in [0, 0.1) is 0 Å². The Kier molecular flexibility index (Phi) is 2.11. The lowest BCUT2D eigenvalue weighted by atomic mass is 10.0. The number of aromatic nitrogens is 2. The first-order valence-corrected chi connectivity index (χ1v) is 5.41. The highest BCUT2D eigenvalue weighted by Gasteiger charge is 2.10. The number of fused-ring (bicyclic) bond motifs is 3. The van der Waals surface area contributed by atoms with Crippen molar-refractivity contribution >= 4 is 27.6 Å². The molecule has 0 atom stereocenters. The van der Waals surface area contributed by atoms with Gasteiger partial charge in [-0.05, 0) is 25.1 Å². The number of carbonyl (C=O) groups excluding carboxylic acids is 1. The second-order valence-electron chi connectivity index (χ2n) is 3.96. The van der Waals surface area contributed by atoms with E-state index in [1.165, 1.54) is 0 Å². The van der Waals surface area contributed by atoms with Gasteiger partial charge in [-0.2, -0.15) is 0 Å². The number of Topliss-reactive ketones (excluding diaryl/α,β-unsaturated/α-hetero) is 1. The van der Waals surface area contributed by atoms with Crippen molar-refractivity contribution in [3.05, 3.63) is 48.3 Å². The Morgan fingerprint density at radius 1 is 1.06 bits per heavy atom. The Morgan fingerprint density at radius 2 is 1.76 bits per heavy atom. The Balaban J connectivity index is 2.59. The van der Waals surface area contributed by atoms with Crippen LogP contribution in [0.5, 0.6) is 0 Å². The van der Waals surface area contributed by atoms with Gasteiger partial charge in [0.05, 0.1) is 11.0 Å². The highest BCUT2D eigenvalue weighted by atomic mass is 16.1. The summed E-state index contributed by atoms with van der Waals surface area (Å²) < 4.78 is 0. The lowest BCUT2D eigenvalue weighted by Crippen LogP contribution is -1.96. The van der Waals surface area contributed by atoms with E-state index in [2.05, 4.69) is 9.97 Å². The van der Waals surface area contributed by atoms with E-state index in [4.69, 9.17) is 0 Å². The van der Waals surface area contributed by atoms with E-state index in [0.717, 1.165) is 21.8 Å². The first-order chi connectivity index (χ1) is 8.27. The molecule has 0 saturated carbocycles. The Morgan fingerprint density at radius 3 is 2.53 bits per heavy atom. The second kappa shape index (κ2) is 3.63. The molecule has 2 heterocycles. The molecule has 0 radical (unpaired) electrons. The molecule has 0 N–H and O–H groups in total. The highest BCUT2D eigenvalue weighted by Crippen LogP contribution is 2.25. The van der Waals surface area contributed by atoms with Gasteiger partial charge in [-0.1, -0.05) is 12.1 Å². The minimum absolute atomic E-state index is 0.0498. The van der Waals surface area contributed by atoms with Crippen molar-refractivity contribution in [2.75, 3.05) is 0 Å². The standard InChI is InChI=1S/C14H10N2O/c1-9(17)12-8-10-4-2-6-15-13(10)14-11(12)5-3-7-16-14/h2-8H,1H3. The number of pyridine rings is 2. The van der Waals surface area contributed by atoms with Crippen LogP contribution in [0.25, 0.3) is 21.8 Å². The maximum atomic E-state index is 11.7. The molecular formula is C14H10N2O. The quantitative estimate of drug-likeness (QED) is 0.469. The predicted octanol–water partition coefficient (Wildman–Crippen LogP) is 2.99. The molecule has 82 valence electrons. The van der Waals surface area contributed by atoms with Gasteiger partial charge in [0.15, 0.2) is 5.78 Å². The molecule has 0 unspecified atom stereocenters. The van der Waals surface area contributed by atoms with E-state index in [1.54, 1.807) is 19.3 Å². The molecule has 2 aromatic heterocycles. The summed E-state index contributed by atoms with van der Waals surface area (Å²) in [5, 5.41) is 1.81. The summed E-state index contributed by atoms with van der Waals surface area (Å²) in [6.07, 6.45) is 3.46. The van der Waals surface area contributed by atoms with Gasteiger partial charge >= 0.3 is 0 Å². The lowest BCUT2D eigenvalue weighted by Gasteiger charge is -2.06. The highest BCUT2D eigenvalue weighted by molar-refractivity contribution is 6.14. The fourth-order valence-corrected chi connectivity index (χ4v) is 2.07. The summed E-state index contributed by atoms with van der Waals surface area (Å²) in [6, 6.07) is 9.44. The van der Waals surface area contributed by atoms with E-state index in [9.17, 15) is 4.79 Å². The summed E-state index contributed by atoms with van der Waals surface area (Å²) in [6.45, 7) is 1.57. The Bertz CT molecular complexity index is 734. The first kappa shape index (κ1) is 9.90. The van der Waals surface area contributed by atoms with Gasteiger partial charge in [-0.25, -0.2) is 0 Å². The van der Waals surface area contributed by atoms with Gasteiger partial charge in [0.2, 0.25) is 0 Å². The van der Waals surface area contributed by atoms with Crippen LogP contribution in [0.2, 0.25) is 0 Å². The topological polar surface area (TPSA) is 42.9 Å². The number of rotatable bonds is 1. The van der Waals surface area contributed by atoms with E-state index in [1.807, 2.05) is 30.3 Å². The maximum absolute atomic E-state index is 11.7. The van der Waals surface area contributed by atoms with E-state index in [0.29, 0.717) is 5.56 Å². The van der Waals surface area contributed by atoms with Crippen LogP contribution in [0.15, 0.2) is 42.7 Å². The second-order valence-corrected chi connectivity index (χ2v) is 3.96. The zero-order valence-corrected chi connectivity index (χ0v) is 9.34. The molecule has 0 aliphatic heterocycles. The van der Waals surface area contributed by atoms with Crippen molar-refractivity contribution in [3.63, 3.8) is 0 Å². The van der Waals surface area contributed by atoms with Crippen molar-refractivity contribution in [2.24, 2.45) is 0 Å². The van der Waals surface area contributed by atoms with Gasteiger partial charge in [0.25, 0.3) is 0 Å². The molecule has 0 spiro atoms. The molecular weight excluding hydrogens is 212 g/mol. The summed E-state index contributed by atoms with van der Waals surface area (Å²) in [5.41, 5.74) is 2.33. The SMILES string of the molecule is CC(=O)c1cc2cccnc2c2ncccc12. The third kappa shape index (κ3) is 1.47. The smallest absolute Gasteiger partial charge is 0.160 e. The number of nitrogens with zero attached hydrogens (tertiary/aromatic N) is 2. The Labute approximate surface area is 98.1 Å².